The van der Waals surface area contributed by atoms with Gasteiger partial charge in [-0.1, -0.05) is 0 Å². The van der Waals surface area contributed by atoms with Crippen LogP contribution in [0.15, 0.2) is 33.5 Å². The predicted molar refractivity (Wildman–Crippen MR) is 93.6 cm³/mol. The molecule has 1 aliphatic heterocycles. The molecule has 4 rings (SSSR count). The number of aryl methyl sites for hydroxylation is 1. The van der Waals surface area contributed by atoms with Gasteiger partial charge in [-0.2, -0.15) is 0 Å². The van der Waals surface area contributed by atoms with Crippen LogP contribution in [0.5, 0.6) is 5.75 Å². The van der Waals surface area contributed by atoms with Crippen molar-refractivity contribution in [1.29, 1.82) is 0 Å². The molecule has 0 atom stereocenters. The Kier molecular flexibility index (Phi) is 3.84. The van der Waals surface area contributed by atoms with Gasteiger partial charge in [-0.3, -0.25) is 0 Å². The first-order valence-corrected chi connectivity index (χ1v) is 8.23. The van der Waals surface area contributed by atoms with Gasteiger partial charge >= 0.3 is 5.63 Å². The molecule has 1 aromatic heterocycles. The molecule has 0 radical (unpaired) electrons. The molecule has 1 aliphatic rings. The van der Waals surface area contributed by atoms with Crippen LogP contribution >= 0.6 is 0 Å². The normalized spacial score (nSPS) is 15.8. The Morgan fingerprint density at radius 1 is 1.12 bits per heavy atom. The minimum absolute atomic E-state index is 0.0678. The summed E-state index contributed by atoms with van der Waals surface area (Å²) in [4.78, 5) is 12.3. The Morgan fingerprint density at radius 2 is 1.88 bits per heavy atom. The van der Waals surface area contributed by atoms with Gasteiger partial charge in [0.25, 0.3) is 0 Å². The van der Waals surface area contributed by atoms with E-state index in [4.69, 9.17) is 19.6 Å². The number of halogens is 1. The number of nitrogen functional groups attached to an aromatic ring is 1. The molecule has 130 valence electrons. The lowest BCUT2D eigenvalue weighted by Gasteiger charge is -2.23. The van der Waals surface area contributed by atoms with Gasteiger partial charge in [0.15, 0.2) is 11.6 Å². The number of nitrogens with two attached hydrogens (primary N) is 1. The molecule has 0 saturated carbocycles. The number of hydrogen-bond acceptors (Lipinski definition) is 5. The number of fused-ring (bicyclic) bond motifs is 3. The van der Waals surface area contributed by atoms with Crippen molar-refractivity contribution in [3.05, 3.63) is 46.1 Å². The first-order valence-electron chi connectivity index (χ1n) is 8.23. The average Bonchev–Trinajstić information content (AvgIpc) is 2.59. The van der Waals surface area contributed by atoms with Gasteiger partial charge in [0.2, 0.25) is 0 Å². The lowest BCUT2D eigenvalue weighted by molar-refractivity contribution is 0.0241. The van der Waals surface area contributed by atoms with Crippen LogP contribution in [0.4, 0.5) is 10.1 Å². The third-order valence-corrected chi connectivity index (χ3v) is 4.61. The van der Waals surface area contributed by atoms with Crippen LogP contribution < -0.4 is 16.1 Å². The Labute approximate surface area is 143 Å². The molecule has 0 aliphatic carbocycles. The van der Waals surface area contributed by atoms with Crippen LogP contribution in [0.25, 0.3) is 21.7 Å². The first-order chi connectivity index (χ1) is 12.0. The maximum atomic E-state index is 14.6. The molecule has 2 aromatic carbocycles. The summed E-state index contributed by atoms with van der Waals surface area (Å²) in [5, 5.41) is 1.43. The van der Waals surface area contributed by atoms with E-state index in [0.29, 0.717) is 53.5 Å². The second kappa shape index (κ2) is 6.04. The van der Waals surface area contributed by atoms with Crippen molar-refractivity contribution in [1.82, 2.24) is 0 Å². The zero-order valence-electron chi connectivity index (χ0n) is 13.8. The zero-order valence-corrected chi connectivity index (χ0v) is 13.8. The highest BCUT2D eigenvalue weighted by atomic mass is 19.1. The molecule has 2 heterocycles. The SMILES string of the molecule is Cc1cc2c(cc1N)oc(=O)c1cc(OC3CCOCC3)c(F)cc12. The molecular formula is C19H18FNO4. The van der Waals surface area contributed by atoms with Gasteiger partial charge in [-0.15, -0.1) is 0 Å². The summed E-state index contributed by atoms with van der Waals surface area (Å²) in [6.45, 7) is 3.03. The van der Waals surface area contributed by atoms with Crippen molar-refractivity contribution >= 4 is 27.4 Å². The van der Waals surface area contributed by atoms with Crippen LogP contribution in [0, 0.1) is 12.7 Å². The van der Waals surface area contributed by atoms with E-state index >= 15 is 0 Å². The van der Waals surface area contributed by atoms with Gasteiger partial charge in [0.05, 0.1) is 18.6 Å². The third-order valence-electron chi connectivity index (χ3n) is 4.61. The Hall–Kier alpha value is -2.60. The van der Waals surface area contributed by atoms with Crippen LogP contribution in [-0.4, -0.2) is 19.3 Å². The molecule has 0 bridgehead atoms. The minimum Gasteiger partial charge on any atom is -0.487 e. The molecule has 25 heavy (non-hydrogen) atoms. The van der Waals surface area contributed by atoms with Crippen LogP contribution in [0.3, 0.4) is 0 Å². The highest BCUT2D eigenvalue weighted by Crippen LogP contribution is 2.31. The van der Waals surface area contributed by atoms with Crippen molar-refractivity contribution in [2.45, 2.75) is 25.9 Å². The van der Waals surface area contributed by atoms with Crippen molar-refractivity contribution in [2.24, 2.45) is 0 Å². The maximum Gasteiger partial charge on any atom is 0.344 e. The summed E-state index contributed by atoms with van der Waals surface area (Å²) in [5.41, 5.74) is 7.04. The minimum atomic E-state index is -0.539. The summed E-state index contributed by atoms with van der Waals surface area (Å²) in [6, 6.07) is 6.15. The van der Waals surface area contributed by atoms with E-state index in [1.54, 1.807) is 12.1 Å². The van der Waals surface area contributed by atoms with Gasteiger partial charge in [-0.25, -0.2) is 9.18 Å². The molecule has 1 fully saturated rings. The average molecular weight is 343 g/mol. The molecule has 0 spiro atoms. The summed E-state index contributed by atoms with van der Waals surface area (Å²) in [5.74, 6) is -0.432. The highest BCUT2D eigenvalue weighted by Gasteiger charge is 2.19. The Morgan fingerprint density at radius 3 is 2.64 bits per heavy atom. The van der Waals surface area contributed by atoms with E-state index in [2.05, 4.69) is 0 Å². The topological polar surface area (TPSA) is 74.7 Å². The maximum absolute atomic E-state index is 14.6. The van der Waals surface area contributed by atoms with E-state index < -0.39 is 11.4 Å². The van der Waals surface area contributed by atoms with Gasteiger partial charge in [0.1, 0.15) is 11.7 Å². The van der Waals surface area contributed by atoms with Gasteiger partial charge < -0.3 is 19.6 Å². The van der Waals surface area contributed by atoms with E-state index in [0.717, 1.165) is 5.56 Å². The summed E-state index contributed by atoms with van der Waals surface area (Å²) < 4.78 is 31.0. The number of rotatable bonds is 2. The smallest absolute Gasteiger partial charge is 0.344 e. The second-order valence-electron chi connectivity index (χ2n) is 6.35. The number of anilines is 1. The molecular weight excluding hydrogens is 325 g/mol. The molecule has 6 heteroatoms. The van der Waals surface area contributed by atoms with Crippen molar-refractivity contribution < 1.29 is 18.3 Å². The fourth-order valence-corrected chi connectivity index (χ4v) is 3.16. The largest absolute Gasteiger partial charge is 0.487 e. The summed E-state index contributed by atoms with van der Waals surface area (Å²) in [7, 11) is 0. The summed E-state index contributed by atoms with van der Waals surface area (Å²) >= 11 is 0. The number of ether oxygens (including phenoxy) is 2. The van der Waals surface area contributed by atoms with Crippen LogP contribution in [-0.2, 0) is 4.74 Å². The van der Waals surface area contributed by atoms with Crippen molar-refractivity contribution in [3.8, 4) is 5.75 Å². The quantitative estimate of drug-likeness (QED) is 0.438. The van der Waals surface area contributed by atoms with E-state index in [1.165, 1.54) is 12.1 Å². The second-order valence-corrected chi connectivity index (χ2v) is 6.35. The fourth-order valence-electron chi connectivity index (χ4n) is 3.16. The number of hydrogen-bond donors (Lipinski definition) is 1. The predicted octanol–water partition coefficient (Wildman–Crippen LogP) is 3.53. The molecule has 1 saturated heterocycles. The fraction of sp³-hybridized carbons (Fsp3) is 0.316. The Bertz CT molecular complexity index is 1020. The zero-order chi connectivity index (χ0) is 17.6. The molecule has 3 aromatic rings. The monoisotopic (exact) mass is 343 g/mol. The van der Waals surface area contributed by atoms with Crippen molar-refractivity contribution in [2.75, 3.05) is 18.9 Å². The lowest BCUT2D eigenvalue weighted by Crippen LogP contribution is -2.26. The van der Waals surface area contributed by atoms with Gasteiger partial charge in [0, 0.05) is 35.4 Å². The van der Waals surface area contributed by atoms with Crippen LogP contribution in [0.2, 0.25) is 0 Å². The van der Waals surface area contributed by atoms with E-state index in [1.807, 2.05) is 6.92 Å². The van der Waals surface area contributed by atoms with Crippen LogP contribution in [0.1, 0.15) is 18.4 Å². The first kappa shape index (κ1) is 15.9. The highest BCUT2D eigenvalue weighted by molar-refractivity contribution is 6.05. The van der Waals surface area contributed by atoms with E-state index in [-0.39, 0.29) is 11.9 Å². The molecule has 2 N–H and O–H groups in total. The number of benzene rings is 2. The van der Waals surface area contributed by atoms with E-state index in [9.17, 15) is 9.18 Å². The molecule has 5 nitrogen and oxygen atoms in total. The lowest BCUT2D eigenvalue weighted by atomic mass is 10.0. The standard InChI is InChI=1S/C19H18FNO4/c1-10-6-13-12-7-15(20)18(24-11-2-4-23-5-3-11)8-14(12)19(22)25-17(13)9-16(10)21/h6-9,11H,2-5,21H2,1H3. The summed E-state index contributed by atoms with van der Waals surface area (Å²) in [6.07, 6.45) is 1.28. The third kappa shape index (κ3) is 2.82. The molecule has 0 unspecified atom stereocenters. The Balaban J connectivity index is 1.87. The van der Waals surface area contributed by atoms with Gasteiger partial charge in [-0.05, 0) is 30.7 Å². The van der Waals surface area contributed by atoms with Crippen molar-refractivity contribution in [3.63, 3.8) is 0 Å². The molecule has 0 amide bonds.